The molecule has 0 bridgehead atoms. The highest BCUT2D eigenvalue weighted by Crippen LogP contribution is 2.40. The molecule has 10 heteroatoms. The number of carbonyl (C=O) groups excluding carboxylic acids is 3. The number of rotatable bonds is 6. The van der Waals surface area contributed by atoms with E-state index in [-0.39, 0.29) is 47.2 Å². The van der Waals surface area contributed by atoms with E-state index in [0.717, 1.165) is 63.7 Å². The third-order valence-corrected chi connectivity index (χ3v) is 11.6. The molecular weight excluding hydrogens is 602 g/mol. The van der Waals surface area contributed by atoms with Gasteiger partial charge in [0, 0.05) is 74.9 Å². The Hall–Kier alpha value is -2.20. The summed E-state index contributed by atoms with van der Waals surface area (Å²) in [5, 5.41) is 4.02. The average molecular weight is 656 g/mol. The molecule has 0 radical (unpaired) electrons. The summed E-state index contributed by atoms with van der Waals surface area (Å²) in [6.45, 7) is 14.1. The number of piperazine rings is 1. The fourth-order valence-corrected chi connectivity index (χ4v) is 8.69. The Labute approximate surface area is 280 Å². The molecule has 46 heavy (non-hydrogen) atoms. The Kier molecular flexibility index (Phi) is 10.3. The molecule has 4 saturated heterocycles. The van der Waals surface area contributed by atoms with Crippen molar-refractivity contribution in [3.05, 3.63) is 34.9 Å². The van der Waals surface area contributed by atoms with Crippen molar-refractivity contribution < 1.29 is 19.1 Å². The number of halogens is 1. The summed E-state index contributed by atoms with van der Waals surface area (Å²) in [6.07, 6.45) is 5.80. The van der Waals surface area contributed by atoms with Gasteiger partial charge in [-0.3, -0.25) is 19.3 Å². The monoisotopic (exact) mass is 655 g/mol. The lowest BCUT2D eigenvalue weighted by molar-refractivity contribution is -0.148. The van der Waals surface area contributed by atoms with Gasteiger partial charge in [-0.2, -0.15) is 0 Å². The number of ether oxygens (including phenoxy) is 1. The minimum atomic E-state index is -0.576. The molecule has 0 aromatic heterocycles. The fraction of sp³-hybridized carbons (Fsp3) is 0.750. The Balaban J connectivity index is 1.32. The summed E-state index contributed by atoms with van der Waals surface area (Å²) in [7, 11) is 0. The highest BCUT2D eigenvalue weighted by molar-refractivity contribution is 6.30. The van der Waals surface area contributed by atoms with Gasteiger partial charge >= 0.3 is 0 Å². The Bertz CT molecular complexity index is 1230. The lowest BCUT2D eigenvalue weighted by Crippen LogP contribution is -2.54. The maximum atomic E-state index is 14.9. The molecule has 254 valence electrons. The highest BCUT2D eigenvalue weighted by atomic mass is 35.5. The molecule has 5 aliphatic rings. The molecule has 3 amide bonds. The first-order valence-electron chi connectivity index (χ1n) is 17.8. The van der Waals surface area contributed by atoms with Crippen LogP contribution in [-0.4, -0.2) is 120 Å². The van der Waals surface area contributed by atoms with Crippen LogP contribution in [-0.2, 0) is 19.1 Å². The lowest BCUT2D eigenvalue weighted by atomic mass is 9.85. The van der Waals surface area contributed by atoms with E-state index in [2.05, 4.69) is 42.8 Å². The van der Waals surface area contributed by atoms with E-state index in [1.165, 1.54) is 0 Å². The fourth-order valence-electron chi connectivity index (χ4n) is 8.57. The van der Waals surface area contributed by atoms with E-state index in [0.29, 0.717) is 50.1 Å². The predicted octanol–water partition coefficient (Wildman–Crippen LogP) is 4.14. The van der Waals surface area contributed by atoms with Crippen LogP contribution in [0.5, 0.6) is 0 Å². The van der Waals surface area contributed by atoms with Crippen LogP contribution in [0.3, 0.4) is 0 Å². The second kappa shape index (κ2) is 14.1. The Morgan fingerprint density at radius 3 is 2.24 bits per heavy atom. The zero-order valence-electron chi connectivity index (χ0n) is 28.3. The minimum absolute atomic E-state index is 0.0116. The number of likely N-dealkylation sites (tertiary alicyclic amines) is 2. The molecule has 5 fully saturated rings. The quantitative estimate of drug-likeness (QED) is 0.496. The van der Waals surface area contributed by atoms with Crippen LogP contribution in [0.15, 0.2) is 24.3 Å². The number of hydrogen-bond acceptors (Lipinski definition) is 6. The number of nitrogens with zero attached hydrogens (tertiary/aromatic N) is 4. The smallest absolute Gasteiger partial charge is 0.252 e. The Morgan fingerprint density at radius 2 is 1.61 bits per heavy atom. The van der Waals surface area contributed by atoms with E-state index in [4.69, 9.17) is 16.3 Å². The first kappa shape index (κ1) is 33.7. The van der Waals surface area contributed by atoms with Crippen molar-refractivity contribution in [3.8, 4) is 0 Å². The average Bonchev–Trinajstić information content (AvgIpc) is 3.83. The van der Waals surface area contributed by atoms with Crippen LogP contribution in [0, 0.1) is 11.8 Å². The standard InChI is InChI=1S/C36H54ClN5O4/c1-24-7-13-27(14-8-24)42(35(45)32-6-5-19-46-32)28-20-31(34(44)39-17-15-38-16-18-39)41(21-28)33(43)30-23-40(36(2,3)4)22-29(30)25-9-11-26(37)12-10-25/h9-12,24,27-32,38H,5-8,13-23H2,1-4H3/t24?,27?,28-,29-,30?,31-,32-/m0/s1. The molecule has 5 atom stereocenters. The summed E-state index contributed by atoms with van der Waals surface area (Å²) in [5.74, 6) is 0.455. The van der Waals surface area contributed by atoms with Crippen molar-refractivity contribution in [2.75, 3.05) is 52.4 Å². The SMILES string of the molecule is CC1CCC(N(C(=O)[C@@H]2CCCO2)[C@H]2C[C@@H](C(=O)N3CCNCC3)N(C(=O)C3CN(C(C)(C)C)C[C@H]3c3ccc(Cl)cc3)C2)CC1. The molecule has 4 aliphatic heterocycles. The minimum Gasteiger partial charge on any atom is -0.368 e. The van der Waals surface area contributed by atoms with Crippen molar-refractivity contribution in [2.45, 2.75) is 108 Å². The highest BCUT2D eigenvalue weighted by Gasteiger charge is 2.51. The van der Waals surface area contributed by atoms with E-state index in [1.807, 2.05) is 34.1 Å². The molecule has 1 aromatic carbocycles. The molecule has 0 spiro atoms. The summed E-state index contributed by atoms with van der Waals surface area (Å²) in [4.78, 5) is 51.8. The van der Waals surface area contributed by atoms with Crippen molar-refractivity contribution in [1.82, 2.24) is 24.9 Å². The maximum absolute atomic E-state index is 14.9. The first-order chi connectivity index (χ1) is 22.0. The van der Waals surface area contributed by atoms with Gasteiger partial charge in [0.2, 0.25) is 11.8 Å². The lowest BCUT2D eigenvalue weighted by Gasteiger charge is -2.41. The van der Waals surface area contributed by atoms with Gasteiger partial charge in [-0.1, -0.05) is 30.7 Å². The number of hydrogen-bond donors (Lipinski definition) is 1. The second-order valence-electron chi connectivity index (χ2n) is 15.5. The van der Waals surface area contributed by atoms with Crippen LogP contribution in [0.4, 0.5) is 0 Å². The van der Waals surface area contributed by atoms with Gasteiger partial charge in [-0.25, -0.2) is 0 Å². The zero-order chi connectivity index (χ0) is 32.6. The van der Waals surface area contributed by atoms with Gasteiger partial charge in [0.1, 0.15) is 12.1 Å². The van der Waals surface area contributed by atoms with Crippen LogP contribution in [0.25, 0.3) is 0 Å². The molecule has 1 aromatic rings. The number of benzene rings is 1. The predicted molar refractivity (Wildman–Crippen MR) is 180 cm³/mol. The molecular formula is C36H54ClN5O4. The van der Waals surface area contributed by atoms with Crippen molar-refractivity contribution in [2.24, 2.45) is 11.8 Å². The zero-order valence-corrected chi connectivity index (χ0v) is 29.0. The number of carbonyl (C=O) groups is 3. The van der Waals surface area contributed by atoms with E-state index < -0.39 is 12.1 Å². The maximum Gasteiger partial charge on any atom is 0.252 e. The first-order valence-corrected chi connectivity index (χ1v) is 18.1. The van der Waals surface area contributed by atoms with Gasteiger partial charge in [-0.15, -0.1) is 0 Å². The van der Waals surface area contributed by atoms with Crippen molar-refractivity contribution >= 4 is 29.3 Å². The van der Waals surface area contributed by atoms with Crippen LogP contribution in [0.2, 0.25) is 5.02 Å². The third kappa shape index (κ3) is 7.13. The third-order valence-electron chi connectivity index (χ3n) is 11.4. The summed E-state index contributed by atoms with van der Waals surface area (Å²) in [6, 6.07) is 7.23. The van der Waals surface area contributed by atoms with Gasteiger partial charge < -0.3 is 24.8 Å². The van der Waals surface area contributed by atoms with Gasteiger partial charge in [0.05, 0.1) is 12.0 Å². The largest absolute Gasteiger partial charge is 0.368 e. The van der Waals surface area contributed by atoms with Gasteiger partial charge in [0.15, 0.2) is 0 Å². The van der Waals surface area contributed by atoms with Crippen molar-refractivity contribution in [3.63, 3.8) is 0 Å². The van der Waals surface area contributed by atoms with Crippen LogP contribution in [0.1, 0.15) is 84.1 Å². The topological polar surface area (TPSA) is 85.4 Å². The summed E-state index contributed by atoms with van der Waals surface area (Å²) in [5.41, 5.74) is 0.994. The van der Waals surface area contributed by atoms with Gasteiger partial charge in [0.25, 0.3) is 5.91 Å². The van der Waals surface area contributed by atoms with Gasteiger partial charge in [-0.05, 0) is 89.3 Å². The normalized spacial score (nSPS) is 32.6. The summed E-state index contributed by atoms with van der Waals surface area (Å²) < 4.78 is 5.94. The molecule has 9 nitrogen and oxygen atoms in total. The molecule has 1 saturated carbocycles. The van der Waals surface area contributed by atoms with Crippen LogP contribution < -0.4 is 5.32 Å². The van der Waals surface area contributed by atoms with E-state index >= 15 is 0 Å². The number of amides is 3. The Morgan fingerprint density at radius 1 is 0.913 bits per heavy atom. The summed E-state index contributed by atoms with van der Waals surface area (Å²) >= 11 is 6.27. The molecule has 1 N–H and O–H groups in total. The van der Waals surface area contributed by atoms with Crippen LogP contribution >= 0.6 is 11.6 Å². The van der Waals surface area contributed by atoms with E-state index in [9.17, 15) is 14.4 Å². The molecule has 6 rings (SSSR count). The number of nitrogens with one attached hydrogen (secondary N) is 1. The van der Waals surface area contributed by atoms with E-state index in [1.54, 1.807) is 0 Å². The molecule has 1 unspecified atom stereocenters. The second-order valence-corrected chi connectivity index (χ2v) is 15.9. The molecule has 1 aliphatic carbocycles. The molecule has 4 heterocycles. The van der Waals surface area contributed by atoms with Crippen molar-refractivity contribution in [1.29, 1.82) is 0 Å².